The van der Waals surface area contributed by atoms with E-state index in [9.17, 15) is 0 Å². The summed E-state index contributed by atoms with van der Waals surface area (Å²) in [6.07, 6.45) is 9.67. The molecule has 0 radical (unpaired) electrons. The largest absolute Gasteiger partial charge is 0.330 e. The maximum Gasteiger partial charge on any atom is 0.0223 e. The Morgan fingerprint density at radius 1 is 1.05 bits per heavy atom. The molecule has 2 N–H and O–H groups in total. The van der Waals surface area contributed by atoms with E-state index in [4.69, 9.17) is 5.73 Å². The molecule has 2 unspecified atom stereocenters. The van der Waals surface area contributed by atoms with Crippen molar-refractivity contribution in [1.29, 1.82) is 0 Å². The molecule has 2 atom stereocenters. The van der Waals surface area contributed by atoms with Crippen LogP contribution >= 0.6 is 0 Å². The maximum absolute atomic E-state index is 6.21. The van der Waals surface area contributed by atoms with Crippen molar-refractivity contribution < 1.29 is 0 Å². The predicted octanol–water partition coefficient (Wildman–Crippen LogP) is 2.31. The van der Waals surface area contributed by atoms with E-state index in [0.717, 1.165) is 24.5 Å². The Hall–Kier alpha value is -0.120. The molecule has 2 saturated heterocycles. The fraction of sp³-hybridized carbons (Fsp3) is 1.00. The summed E-state index contributed by atoms with van der Waals surface area (Å²) in [6, 6.07) is 1.66. The summed E-state index contributed by atoms with van der Waals surface area (Å²) in [6.45, 7) is 7.13. The lowest BCUT2D eigenvalue weighted by atomic mass is 9.70. The van der Waals surface area contributed by atoms with Gasteiger partial charge in [-0.2, -0.15) is 0 Å². The minimum atomic E-state index is 0.425. The number of nitrogens with zero attached hydrogens (tertiary/aromatic N) is 2. The van der Waals surface area contributed by atoms with Crippen molar-refractivity contribution in [1.82, 2.24) is 9.80 Å². The number of fused-ring (bicyclic) bond motifs is 2. The lowest BCUT2D eigenvalue weighted by Gasteiger charge is -2.42. The molecule has 0 aromatic heterocycles. The molecule has 1 saturated carbocycles. The number of nitrogens with two attached hydrogens (primary N) is 1. The zero-order valence-electron chi connectivity index (χ0n) is 13.5. The van der Waals surface area contributed by atoms with Gasteiger partial charge in [0.1, 0.15) is 0 Å². The summed E-state index contributed by atoms with van der Waals surface area (Å²) in [5.41, 5.74) is 6.63. The van der Waals surface area contributed by atoms with Gasteiger partial charge in [0.15, 0.2) is 0 Å². The summed E-state index contributed by atoms with van der Waals surface area (Å²) in [5, 5.41) is 0. The Kier molecular flexibility index (Phi) is 4.40. The molecule has 20 heavy (non-hydrogen) atoms. The van der Waals surface area contributed by atoms with Crippen LogP contribution in [0.25, 0.3) is 0 Å². The molecule has 3 aliphatic rings. The fourth-order valence-corrected chi connectivity index (χ4v) is 4.80. The van der Waals surface area contributed by atoms with Crippen LogP contribution < -0.4 is 5.73 Å². The molecule has 0 aromatic rings. The van der Waals surface area contributed by atoms with E-state index >= 15 is 0 Å². The van der Waals surface area contributed by atoms with Gasteiger partial charge in [-0.1, -0.05) is 19.8 Å². The maximum atomic E-state index is 6.21. The van der Waals surface area contributed by atoms with Crippen molar-refractivity contribution in [3.05, 3.63) is 0 Å². The zero-order chi connectivity index (χ0) is 14.2. The Balaban J connectivity index is 1.61. The highest BCUT2D eigenvalue weighted by Gasteiger charge is 2.39. The summed E-state index contributed by atoms with van der Waals surface area (Å²) >= 11 is 0. The third-order valence-electron chi connectivity index (χ3n) is 6.56. The van der Waals surface area contributed by atoms with Crippen LogP contribution in [0.2, 0.25) is 0 Å². The Morgan fingerprint density at radius 2 is 1.75 bits per heavy atom. The summed E-state index contributed by atoms with van der Waals surface area (Å²) in [4.78, 5) is 5.40. The molecule has 2 bridgehead atoms. The topological polar surface area (TPSA) is 32.5 Å². The first kappa shape index (κ1) is 14.8. The molecule has 0 spiro atoms. The summed E-state index contributed by atoms with van der Waals surface area (Å²) < 4.78 is 0. The van der Waals surface area contributed by atoms with Crippen LogP contribution in [0.15, 0.2) is 0 Å². The van der Waals surface area contributed by atoms with Crippen molar-refractivity contribution in [2.24, 2.45) is 17.1 Å². The molecule has 0 aromatic carbocycles. The van der Waals surface area contributed by atoms with Crippen LogP contribution in [0.5, 0.6) is 0 Å². The van der Waals surface area contributed by atoms with Gasteiger partial charge < -0.3 is 10.6 Å². The van der Waals surface area contributed by atoms with E-state index in [0.29, 0.717) is 5.41 Å². The lowest BCUT2D eigenvalue weighted by molar-refractivity contribution is 0.0890. The first-order valence-electron chi connectivity index (χ1n) is 8.76. The van der Waals surface area contributed by atoms with Crippen LogP contribution in [0.3, 0.4) is 0 Å². The third kappa shape index (κ3) is 2.90. The van der Waals surface area contributed by atoms with E-state index in [1.807, 2.05) is 0 Å². The molecule has 1 aliphatic carbocycles. The molecular weight excluding hydrogens is 246 g/mol. The second-order valence-corrected chi connectivity index (χ2v) is 7.96. The first-order valence-corrected chi connectivity index (χ1v) is 8.76. The van der Waals surface area contributed by atoms with E-state index < -0.39 is 0 Å². The van der Waals surface area contributed by atoms with Gasteiger partial charge in [0.05, 0.1) is 0 Å². The van der Waals surface area contributed by atoms with E-state index in [1.165, 1.54) is 64.6 Å². The van der Waals surface area contributed by atoms with Crippen molar-refractivity contribution in [3.63, 3.8) is 0 Å². The van der Waals surface area contributed by atoms with Crippen LogP contribution in [0, 0.1) is 11.3 Å². The second kappa shape index (κ2) is 5.94. The first-order chi connectivity index (χ1) is 9.62. The van der Waals surface area contributed by atoms with Crippen molar-refractivity contribution in [3.8, 4) is 0 Å². The molecular formula is C17H33N3. The highest BCUT2D eigenvalue weighted by atomic mass is 15.3. The predicted molar refractivity (Wildman–Crippen MR) is 84.7 cm³/mol. The molecule has 3 nitrogen and oxygen atoms in total. The van der Waals surface area contributed by atoms with E-state index in [1.54, 1.807) is 0 Å². The Labute approximate surface area is 124 Å². The van der Waals surface area contributed by atoms with Gasteiger partial charge in [-0.15, -0.1) is 0 Å². The SMILES string of the molecule is CC1CCC(CN)(CN2CCC3CCC(C2)N3C)CC1. The van der Waals surface area contributed by atoms with Gasteiger partial charge in [-0.05, 0) is 63.6 Å². The Bertz CT molecular complexity index is 322. The Morgan fingerprint density at radius 3 is 2.45 bits per heavy atom. The highest BCUT2D eigenvalue weighted by Crippen LogP contribution is 2.39. The van der Waals surface area contributed by atoms with Crippen LogP contribution in [-0.4, -0.2) is 55.1 Å². The van der Waals surface area contributed by atoms with Crippen molar-refractivity contribution >= 4 is 0 Å². The zero-order valence-corrected chi connectivity index (χ0v) is 13.5. The smallest absolute Gasteiger partial charge is 0.0223 e. The quantitative estimate of drug-likeness (QED) is 0.860. The van der Waals surface area contributed by atoms with Crippen molar-refractivity contribution in [2.45, 2.75) is 64.0 Å². The van der Waals surface area contributed by atoms with Gasteiger partial charge in [0.25, 0.3) is 0 Å². The van der Waals surface area contributed by atoms with Gasteiger partial charge in [0, 0.05) is 25.2 Å². The minimum Gasteiger partial charge on any atom is -0.330 e. The summed E-state index contributed by atoms with van der Waals surface area (Å²) in [5.74, 6) is 0.918. The molecule has 0 amide bonds. The number of hydrogen-bond donors (Lipinski definition) is 1. The lowest BCUT2D eigenvalue weighted by Crippen LogP contribution is -2.47. The number of hydrogen-bond acceptors (Lipinski definition) is 3. The van der Waals surface area contributed by atoms with Gasteiger partial charge in [-0.25, -0.2) is 0 Å². The van der Waals surface area contributed by atoms with Crippen LogP contribution in [0.1, 0.15) is 51.9 Å². The molecule has 3 fully saturated rings. The normalized spacial score (nSPS) is 43.6. The van der Waals surface area contributed by atoms with Crippen molar-refractivity contribution in [2.75, 3.05) is 33.2 Å². The molecule has 3 rings (SSSR count). The average Bonchev–Trinajstić information content (AvgIpc) is 2.70. The van der Waals surface area contributed by atoms with Gasteiger partial charge in [0.2, 0.25) is 0 Å². The number of rotatable bonds is 3. The fourth-order valence-electron chi connectivity index (χ4n) is 4.80. The van der Waals surface area contributed by atoms with Crippen LogP contribution in [-0.2, 0) is 0 Å². The van der Waals surface area contributed by atoms with Crippen LogP contribution in [0.4, 0.5) is 0 Å². The standard InChI is InChI=1S/C17H33N3/c1-14-5-8-17(12-18,9-6-14)13-20-10-7-15-3-4-16(11-20)19(15)2/h14-16H,3-13,18H2,1-2H3. The highest BCUT2D eigenvalue weighted by molar-refractivity contribution is 4.94. The molecule has 116 valence electrons. The minimum absolute atomic E-state index is 0.425. The monoisotopic (exact) mass is 279 g/mol. The molecule has 2 aliphatic heterocycles. The van der Waals surface area contributed by atoms with Gasteiger partial charge in [-0.3, -0.25) is 4.90 Å². The van der Waals surface area contributed by atoms with Gasteiger partial charge >= 0.3 is 0 Å². The number of likely N-dealkylation sites (N-methyl/N-ethyl adjacent to an activating group) is 1. The second-order valence-electron chi connectivity index (χ2n) is 7.96. The van der Waals surface area contributed by atoms with E-state index in [2.05, 4.69) is 23.8 Å². The molecule has 3 heteroatoms. The molecule has 2 heterocycles. The number of likely N-dealkylation sites (tertiary alicyclic amines) is 1. The van der Waals surface area contributed by atoms with E-state index in [-0.39, 0.29) is 0 Å². The average molecular weight is 279 g/mol. The summed E-state index contributed by atoms with van der Waals surface area (Å²) in [7, 11) is 2.34. The third-order valence-corrected chi connectivity index (χ3v) is 6.56.